The highest BCUT2D eigenvalue weighted by Crippen LogP contribution is 2.33. The third-order valence-corrected chi connectivity index (χ3v) is 4.87. The van der Waals surface area contributed by atoms with Crippen molar-refractivity contribution in [3.05, 3.63) is 0 Å². The van der Waals surface area contributed by atoms with E-state index in [0.717, 1.165) is 32.5 Å². The molecule has 16 heavy (non-hydrogen) atoms. The summed E-state index contributed by atoms with van der Waals surface area (Å²) in [6.07, 6.45) is 4.31. The highest BCUT2D eigenvalue weighted by atomic mass is 32.2. The molecule has 0 aromatic heterocycles. The van der Waals surface area contributed by atoms with E-state index in [4.69, 9.17) is 5.73 Å². The Morgan fingerprint density at radius 1 is 1.44 bits per heavy atom. The Bertz CT molecular complexity index is 231. The lowest BCUT2D eigenvalue weighted by Gasteiger charge is -2.40. The third-order valence-electron chi connectivity index (χ3n) is 3.43. The molecule has 1 rings (SSSR count). The average Bonchev–Trinajstić information content (AvgIpc) is 2.30. The first-order valence-electron chi connectivity index (χ1n) is 5.71. The molecule has 5 heteroatoms. The molecule has 0 spiro atoms. The van der Waals surface area contributed by atoms with Crippen LogP contribution < -0.4 is 5.73 Å². The normalized spacial score (nSPS) is 20.8. The molecule has 0 saturated carbocycles. The van der Waals surface area contributed by atoms with Gasteiger partial charge in [0.25, 0.3) is 0 Å². The van der Waals surface area contributed by atoms with Gasteiger partial charge in [-0.1, -0.05) is 0 Å². The number of piperidine rings is 1. The number of thioether (sulfide) groups is 1. The van der Waals surface area contributed by atoms with E-state index in [-0.39, 0.29) is 10.7 Å². The molecule has 0 bridgehead atoms. The number of likely N-dealkylation sites (tertiary alicyclic amines) is 1. The molecule has 0 aromatic carbocycles. The molecule has 0 radical (unpaired) electrons. The second-order valence-electron chi connectivity index (χ2n) is 4.66. The van der Waals surface area contributed by atoms with Gasteiger partial charge >= 0.3 is 0 Å². The Kier molecular flexibility index (Phi) is 5.08. The van der Waals surface area contributed by atoms with Crippen LogP contribution >= 0.6 is 11.8 Å². The minimum absolute atomic E-state index is 0.185. The molecular formula is C11H23N3OS. The van der Waals surface area contributed by atoms with E-state index in [0.29, 0.717) is 6.54 Å². The van der Waals surface area contributed by atoms with Crippen LogP contribution in [-0.4, -0.2) is 67.0 Å². The van der Waals surface area contributed by atoms with Crippen LogP contribution in [0, 0.1) is 0 Å². The fourth-order valence-corrected chi connectivity index (χ4v) is 2.70. The van der Waals surface area contributed by atoms with Crippen molar-refractivity contribution in [3.63, 3.8) is 0 Å². The highest BCUT2D eigenvalue weighted by molar-refractivity contribution is 8.00. The van der Waals surface area contributed by atoms with Crippen LogP contribution in [0.5, 0.6) is 0 Å². The number of amides is 1. The van der Waals surface area contributed by atoms with Gasteiger partial charge in [0.15, 0.2) is 0 Å². The van der Waals surface area contributed by atoms with Crippen LogP contribution in [-0.2, 0) is 4.79 Å². The van der Waals surface area contributed by atoms with E-state index in [2.05, 4.69) is 11.2 Å². The molecule has 1 saturated heterocycles. The number of carbonyl (C=O) groups is 1. The molecule has 1 heterocycles. The monoisotopic (exact) mass is 245 g/mol. The molecule has 0 atom stereocenters. The SMILES string of the molecule is CSC1(CN)CCN(CC(=O)N(C)C)CC1. The summed E-state index contributed by atoms with van der Waals surface area (Å²) in [5.74, 6) is 0.185. The Labute approximate surface area is 103 Å². The first kappa shape index (κ1) is 13.8. The van der Waals surface area contributed by atoms with E-state index in [1.54, 1.807) is 19.0 Å². The van der Waals surface area contributed by atoms with Gasteiger partial charge < -0.3 is 10.6 Å². The summed E-state index contributed by atoms with van der Waals surface area (Å²) < 4.78 is 0.248. The minimum Gasteiger partial charge on any atom is -0.348 e. The Morgan fingerprint density at radius 2 is 2.00 bits per heavy atom. The standard InChI is InChI=1S/C11H23N3OS/c1-13(2)10(15)8-14-6-4-11(9-12,16-3)5-7-14/h4-9,12H2,1-3H3. The van der Waals surface area contributed by atoms with Crippen molar-refractivity contribution in [2.45, 2.75) is 17.6 Å². The lowest BCUT2D eigenvalue weighted by Crippen LogP contribution is -2.48. The molecule has 1 aliphatic rings. The van der Waals surface area contributed by atoms with Gasteiger partial charge in [-0.05, 0) is 19.1 Å². The molecule has 94 valence electrons. The van der Waals surface area contributed by atoms with Crippen LogP contribution in [0.1, 0.15) is 12.8 Å². The van der Waals surface area contributed by atoms with Crippen LogP contribution in [0.3, 0.4) is 0 Å². The Balaban J connectivity index is 2.40. The molecular weight excluding hydrogens is 222 g/mol. The van der Waals surface area contributed by atoms with Crippen molar-refractivity contribution in [2.75, 3.05) is 46.5 Å². The van der Waals surface area contributed by atoms with Crippen molar-refractivity contribution in [3.8, 4) is 0 Å². The number of nitrogens with zero attached hydrogens (tertiary/aromatic N) is 2. The first-order valence-corrected chi connectivity index (χ1v) is 6.93. The van der Waals surface area contributed by atoms with E-state index in [1.165, 1.54) is 0 Å². The number of carbonyl (C=O) groups excluding carboxylic acids is 1. The molecule has 2 N–H and O–H groups in total. The lowest BCUT2D eigenvalue weighted by atomic mass is 9.96. The van der Waals surface area contributed by atoms with Gasteiger partial charge in [0.2, 0.25) is 5.91 Å². The van der Waals surface area contributed by atoms with Gasteiger partial charge in [0, 0.05) is 38.5 Å². The van der Waals surface area contributed by atoms with Crippen molar-refractivity contribution in [2.24, 2.45) is 5.73 Å². The summed E-state index contributed by atoms with van der Waals surface area (Å²) in [6.45, 7) is 3.25. The number of nitrogens with two attached hydrogens (primary N) is 1. The summed E-state index contributed by atoms with van der Waals surface area (Å²) in [6, 6.07) is 0. The average molecular weight is 245 g/mol. The predicted octanol–water partition coefficient (Wildman–Crippen LogP) is 0.231. The maximum absolute atomic E-state index is 11.6. The molecule has 0 aromatic rings. The summed E-state index contributed by atoms with van der Waals surface area (Å²) in [4.78, 5) is 15.4. The highest BCUT2D eigenvalue weighted by Gasteiger charge is 2.32. The summed E-state index contributed by atoms with van der Waals surface area (Å²) in [5, 5.41) is 0. The second kappa shape index (κ2) is 5.89. The Hall–Kier alpha value is -0.260. The van der Waals surface area contributed by atoms with Crippen LogP contribution in [0.15, 0.2) is 0 Å². The third kappa shape index (κ3) is 3.37. The first-order chi connectivity index (χ1) is 7.53. The van der Waals surface area contributed by atoms with Gasteiger partial charge in [-0.15, -0.1) is 0 Å². The zero-order valence-electron chi connectivity index (χ0n) is 10.5. The Morgan fingerprint density at radius 3 is 2.38 bits per heavy atom. The fourth-order valence-electron chi connectivity index (χ4n) is 1.94. The van der Waals surface area contributed by atoms with E-state index in [1.807, 2.05) is 11.8 Å². The van der Waals surface area contributed by atoms with Crippen molar-refractivity contribution in [1.82, 2.24) is 9.80 Å². The van der Waals surface area contributed by atoms with Crippen LogP contribution in [0.25, 0.3) is 0 Å². The molecule has 1 amide bonds. The molecule has 0 aliphatic carbocycles. The van der Waals surface area contributed by atoms with Gasteiger partial charge in [-0.3, -0.25) is 9.69 Å². The number of likely N-dealkylation sites (N-methyl/N-ethyl adjacent to an activating group) is 1. The van der Waals surface area contributed by atoms with Crippen LogP contribution in [0.2, 0.25) is 0 Å². The van der Waals surface area contributed by atoms with Gasteiger partial charge in [0.1, 0.15) is 0 Å². The predicted molar refractivity (Wildman–Crippen MR) is 69.7 cm³/mol. The summed E-state index contributed by atoms with van der Waals surface area (Å²) in [5.41, 5.74) is 5.83. The van der Waals surface area contributed by atoms with Crippen molar-refractivity contribution >= 4 is 17.7 Å². The maximum atomic E-state index is 11.6. The van der Waals surface area contributed by atoms with E-state index < -0.39 is 0 Å². The molecule has 1 aliphatic heterocycles. The molecule has 4 nitrogen and oxygen atoms in total. The number of rotatable bonds is 4. The molecule has 1 fully saturated rings. The second-order valence-corrected chi connectivity index (χ2v) is 5.93. The maximum Gasteiger partial charge on any atom is 0.236 e. The van der Waals surface area contributed by atoms with Crippen LogP contribution in [0.4, 0.5) is 0 Å². The van der Waals surface area contributed by atoms with Gasteiger partial charge in [-0.25, -0.2) is 0 Å². The zero-order valence-corrected chi connectivity index (χ0v) is 11.3. The van der Waals surface area contributed by atoms with Gasteiger partial charge in [-0.2, -0.15) is 11.8 Å². The minimum atomic E-state index is 0.185. The van der Waals surface area contributed by atoms with Gasteiger partial charge in [0.05, 0.1) is 6.54 Å². The summed E-state index contributed by atoms with van der Waals surface area (Å²) in [7, 11) is 3.61. The smallest absolute Gasteiger partial charge is 0.236 e. The number of hydrogen-bond donors (Lipinski definition) is 1. The largest absolute Gasteiger partial charge is 0.348 e. The fraction of sp³-hybridized carbons (Fsp3) is 0.909. The molecule has 0 unspecified atom stereocenters. The zero-order chi connectivity index (χ0) is 12.2. The topological polar surface area (TPSA) is 49.6 Å². The quantitative estimate of drug-likeness (QED) is 0.770. The van der Waals surface area contributed by atoms with Crippen molar-refractivity contribution < 1.29 is 4.79 Å². The summed E-state index contributed by atoms with van der Waals surface area (Å²) >= 11 is 1.87. The van der Waals surface area contributed by atoms with E-state index >= 15 is 0 Å². The van der Waals surface area contributed by atoms with E-state index in [9.17, 15) is 4.79 Å². The van der Waals surface area contributed by atoms with Crippen molar-refractivity contribution in [1.29, 1.82) is 0 Å². The lowest BCUT2D eigenvalue weighted by molar-refractivity contribution is -0.130. The number of hydrogen-bond acceptors (Lipinski definition) is 4.